The molecule has 0 atom stereocenters. The number of rotatable bonds is 2. The van der Waals surface area contributed by atoms with Crippen LogP contribution in [0.25, 0.3) is 11.1 Å². The second-order valence-corrected chi connectivity index (χ2v) is 3.29. The zero-order valence-corrected chi connectivity index (χ0v) is 8.57. The molecule has 0 N–H and O–H groups in total. The van der Waals surface area contributed by atoms with E-state index in [9.17, 15) is 4.79 Å². The summed E-state index contributed by atoms with van der Waals surface area (Å²) in [5.74, 6) is -0.253. The Morgan fingerprint density at radius 2 is 1.73 bits per heavy atom. The molecule has 0 bridgehead atoms. The average Bonchev–Trinajstić information content (AvgIpc) is 2.51. The molecule has 0 radical (unpaired) electrons. The SMILES string of the molecule is CCOC(=O)c1cc2cccccc-2c1. The summed E-state index contributed by atoms with van der Waals surface area (Å²) < 4.78 is 4.94. The molecular weight excluding hydrogens is 188 g/mol. The third-order valence-electron chi connectivity index (χ3n) is 2.24. The van der Waals surface area contributed by atoms with Crippen molar-refractivity contribution in [2.24, 2.45) is 0 Å². The quantitative estimate of drug-likeness (QED) is 0.696. The molecule has 2 heteroatoms. The average molecular weight is 200 g/mol. The summed E-state index contributed by atoms with van der Waals surface area (Å²) in [6.45, 7) is 2.22. The van der Waals surface area contributed by atoms with Crippen molar-refractivity contribution in [3.8, 4) is 11.1 Å². The Labute approximate surface area is 88.8 Å². The Hall–Kier alpha value is -1.83. The third kappa shape index (κ3) is 1.99. The molecule has 2 rings (SSSR count). The van der Waals surface area contributed by atoms with Crippen molar-refractivity contribution in [3.05, 3.63) is 48.0 Å². The summed E-state index contributed by atoms with van der Waals surface area (Å²) >= 11 is 0. The molecule has 0 aromatic carbocycles. The van der Waals surface area contributed by atoms with E-state index < -0.39 is 0 Å². The highest BCUT2D eigenvalue weighted by atomic mass is 16.5. The Balaban J connectivity index is 2.40. The number of carbonyl (C=O) groups excluding carboxylic acids is 1. The van der Waals surface area contributed by atoms with Crippen LogP contribution in [-0.2, 0) is 4.74 Å². The first-order chi connectivity index (χ1) is 7.31. The zero-order chi connectivity index (χ0) is 10.7. The van der Waals surface area contributed by atoms with Gasteiger partial charge in [0.1, 0.15) is 0 Å². The Bertz CT molecular complexity index is 418. The summed E-state index contributed by atoms with van der Waals surface area (Å²) in [4.78, 5) is 11.5. The molecule has 0 unspecified atom stereocenters. The van der Waals surface area contributed by atoms with E-state index in [2.05, 4.69) is 0 Å². The maximum Gasteiger partial charge on any atom is 0.338 e. The number of fused-ring (bicyclic) bond motifs is 1. The Kier molecular flexibility index (Phi) is 2.68. The topological polar surface area (TPSA) is 26.3 Å². The molecule has 0 aliphatic heterocycles. The highest BCUT2D eigenvalue weighted by molar-refractivity contribution is 5.94. The fraction of sp³-hybridized carbons (Fsp3) is 0.154. The van der Waals surface area contributed by atoms with Crippen LogP contribution >= 0.6 is 0 Å². The van der Waals surface area contributed by atoms with Gasteiger partial charge in [0.05, 0.1) is 12.2 Å². The number of ether oxygens (including phenoxy) is 1. The maximum absolute atomic E-state index is 11.5. The molecule has 15 heavy (non-hydrogen) atoms. The van der Waals surface area contributed by atoms with Gasteiger partial charge < -0.3 is 4.74 Å². The molecule has 0 heterocycles. The van der Waals surface area contributed by atoms with Gasteiger partial charge in [-0.25, -0.2) is 4.79 Å². The zero-order valence-electron chi connectivity index (χ0n) is 8.57. The third-order valence-corrected chi connectivity index (χ3v) is 2.24. The monoisotopic (exact) mass is 200 g/mol. The molecule has 0 saturated carbocycles. The van der Waals surface area contributed by atoms with Crippen molar-refractivity contribution in [2.75, 3.05) is 6.61 Å². The van der Waals surface area contributed by atoms with Gasteiger partial charge in [0, 0.05) is 0 Å². The lowest BCUT2D eigenvalue weighted by molar-refractivity contribution is 0.0527. The summed E-state index contributed by atoms with van der Waals surface area (Å²) in [7, 11) is 0. The molecule has 0 amide bonds. The highest BCUT2D eigenvalue weighted by Crippen LogP contribution is 2.25. The first-order valence-electron chi connectivity index (χ1n) is 4.97. The van der Waals surface area contributed by atoms with Crippen LogP contribution in [0.4, 0.5) is 0 Å². The fourth-order valence-corrected chi connectivity index (χ4v) is 1.55. The van der Waals surface area contributed by atoms with Gasteiger partial charge in [-0.05, 0) is 30.2 Å². The summed E-state index contributed by atoms with van der Waals surface area (Å²) in [6.07, 6.45) is 0. The van der Waals surface area contributed by atoms with Gasteiger partial charge in [-0.1, -0.05) is 30.3 Å². The lowest BCUT2D eigenvalue weighted by Crippen LogP contribution is -2.02. The smallest absolute Gasteiger partial charge is 0.338 e. The van der Waals surface area contributed by atoms with E-state index in [-0.39, 0.29) is 5.97 Å². The van der Waals surface area contributed by atoms with Gasteiger partial charge in [0.15, 0.2) is 0 Å². The summed E-state index contributed by atoms with van der Waals surface area (Å²) in [5.41, 5.74) is 2.74. The molecule has 2 nitrogen and oxygen atoms in total. The molecule has 76 valence electrons. The second kappa shape index (κ2) is 4.13. The van der Waals surface area contributed by atoms with Crippen molar-refractivity contribution in [1.29, 1.82) is 0 Å². The minimum absolute atomic E-state index is 0.253. The standard InChI is InChI=1S/C13H12O2/c1-2-15-13(14)12-8-10-6-4-3-5-7-11(10)9-12/h3-9H,2H2,1H3. The van der Waals surface area contributed by atoms with Crippen LogP contribution in [0.15, 0.2) is 42.5 Å². The molecule has 0 saturated heterocycles. The van der Waals surface area contributed by atoms with Crippen molar-refractivity contribution >= 4 is 5.97 Å². The number of hydrogen-bond donors (Lipinski definition) is 0. The van der Waals surface area contributed by atoms with Crippen LogP contribution in [-0.4, -0.2) is 12.6 Å². The first kappa shape index (κ1) is 9.71. The maximum atomic E-state index is 11.5. The van der Waals surface area contributed by atoms with E-state index in [1.165, 1.54) is 0 Å². The first-order valence-corrected chi connectivity index (χ1v) is 4.97. The van der Waals surface area contributed by atoms with E-state index >= 15 is 0 Å². The van der Waals surface area contributed by atoms with E-state index in [4.69, 9.17) is 4.74 Å². The normalized spacial score (nSPS) is 10.2. The van der Waals surface area contributed by atoms with Gasteiger partial charge in [-0.3, -0.25) is 0 Å². The van der Waals surface area contributed by atoms with Gasteiger partial charge in [0.2, 0.25) is 0 Å². The van der Waals surface area contributed by atoms with Gasteiger partial charge >= 0.3 is 5.97 Å². The molecule has 0 spiro atoms. The van der Waals surface area contributed by atoms with Crippen LogP contribution in [0.1, 0.15) is 17.3 Å². The minimum atomic E-state index is -0.253. The van der Waals surface area contributed by atoms with Crippen LogP contribution in [0.2, 0.25) is 0 Å². The van der Waals surface area contributed by atoms with Gasteiger partial charge in [-0.15, -0.1) is 0 Å². The predicted octanol–water partition coefficient (Wildman–Crippen LogP) is 2.97. The van der Waals surface area contributed by atoms with E-state index in [0.717, 1.165) is 11.1 Å². The molecule has 0 fully saturated rings. The van der Waals surface area contributed by atoms with Gasteiger partial charge in [-0.2, -0.15) is 0 Å². The number of esters is 1. The lowest BCUT2D eigenvalue weighted by atomic mass is 10.2. The second-order valence-electron chi connectivity index (χ2n) is 3.29. The van der Waals surface area contributed by atoms with Crippen molar-refractivity contribution < 1.29 is 9.53 Å². The highest BCUT2D eigenvalue weighted by Gasteiger charge is 2.11. The van der Waals surface area contributed by atoms with Gasteiger partial charge in [0.25, 0.3) is 0 Å². The van der Waals surface area contributed by atoms with Crippen LogP contribution < -0.4 is 0 Å². The molecule has 0 aromatic heterocycles. The predicted molar refractivity (Wildman–Crippen MR) is 59.0 cm³/mol. The fourth-order valence-electron chi connectivity index (χ4n) is 1.55. The van der Waals surface area contributed by atoms with E-state index in [1.807, 2.05) is 42.5 Å². The van der Waals surface area contributed by atoms with E-state index in [0.29, 0.717) is 12.2 Å². The molecule has 0 aromatic rings. The Morgan fingerprint density at radius 3 is 2.27 bits per heavy atom. The van der Waals surface area contributed by atoms with Crippen LogP contribution in [0.5, 0.6) is 0 Å². The largest absolute Gasteiger partial charge is 0.462 e. The summed E-state index contributed by atoms with van der Waals surface area (Å²) in [5, 5.41) is 0. The molecule has 2 aliphatic rings. The summed E-state index contributed by atoms with van der Waals surface area (Å²) in [6, 6.07) is 13.6. The minimum Gasteiger partial charge on any atom is -0.462 e. The van der Waals surface area contributed by atoms with Crippen molar-refractivity contribution in [2.45, 2.75) is 6.92 Å². The van der Waals surface area contributed by atoms with Crippen LogP contribution in [0, 0.1) is 0 Å². The number of hydrogen-bond acceptors (Lipinski definition) is 2. The van der Waals surface area contributed by atoms with Crippen LogP contribution in [0.3, 0.4) is 0 Å². The molecule has 2 aliphatic carbocycles. The number of carbonyl (C=O) groups is 1. The van der Waals surface area contributed by atoms with E-state index in [1.54, 1.807) is 6.92 Å². The van der Waals surface area contributed by atoms with Crippen molar-refractivity contribution in [3.63, 3.8) is 0 Å². The van der Waals surface area contributed by atoms with Crippen molar-refractivity contribution in [1.82, 2.24) is 0 Å². The lowest BCUT2D eigenvalue weighted by Gasteiger charge is -1.96. The molecular formula is C13H12O2. The Morgan fingerprint density at radius 1 is 1.13 bits per heavy atom.